The Kier molecular flexibility index (Phi) is 3.79. The van der Waals surface area contributed by atoms with Gasteiger partial charge in [-0.3, -0.25) is 4.79 Å². The van der Waals surface area contributed by atoms with E-state index < -0.39 is 0 Å². The fraction of sp³-hybridized carbons (Fsp3) is 0.417. The van der Waals surface area contributed by atoms with Crippen LogP contribution in [0.1, 0.15) is 12.0 Å². The molecule has 92 valence electrons. The summed E-state index contributed by atoms with van der Waals surface area (Å²) in [7, 11) is 1.79. The van der Waals surface area contributed by atoms with E-state index in [0.29, 0.717) is 11.0 Å². The molecule has 3 nitrogen and oxygen atoms in total. The number of likely N-dealkylation sites (N-methyl/N-ethyl adjacent to an activating group) is 1. The van der Waals surface area contributed by atoms with Gasteiger partial charge in [-0.05, 0) is 34.0 Å². The van der Waals surface area contributed by atoms with Crippen molar-refractivity contribution in [3.63, 3.8) is 0 Å². The van der Waals surface area contributed by atoms with Gasteiger partial charge in [0, 0.05) is 20.1 Å². The van der Waals surface area contributed by atoms with Crippen molar-refractivity contribution in [3.05, 3.63) is 34.1 Å². The Morgan fingerprint density at radius 2 is 2.35 bits per heavy atom. The maximum Gasteiger partial charge on any atom is 0.239 e. The number of likely N-dealkylation sites (tertiary alicyclic amines) is 1. The van der Waals surface area contributed by atoms with E-state index in [1.165, 1.54) is 6.07 Å². The molecule has 1 heterocycles. The highest BCUT2D eigenvalue weighted by Crippen LogP contribution is 2.20. The zero-order valence-electron chi connectivity index (χ0n) is 9.54. The van der Waals surface area contributed by atoms with Crippen molar-refractivity contribution in [2.45, 2.75) is 19.0 Å². The summed E-state index contributed by atoms with van der Waals surface area (Å²) in [5.74, 6) is -0.170. The zero-order valence-corrected chi connectivity index (χ0v) is 11.1. The lowest BCUT2D eigenvalue weighted by Gasteiger charge is -2.13. The number of nitrogens with one attached hydrogen (secondary N) is 1. The first kappa shape index (κ1) is 12.5. The van der Waals surface area contributed by atoms with Gasteiger partial charge < -0.3 is 10.2 Å². The van der Waals surface area contributed by atoms with Gasteiger partial charge in [-0.1, -0.05) is 12.1 Å². The second-order valence-corrected chi connectivity index (χ2v) is 4.99. The average molecular weight is 301 g/mol. The van der Waals surface area contributed by atoms with Crippen molar-refractivity contribution in [1.82, 2.24) is 10.2 Å². The van der Waals surface area contributed by atoms with Gasteiger partial charge in [0.1, 0.15) is 5.82 Å². The highest BCUT2D eigenvalue weighted by Gasteiger charge is 2.28. The molecule has 5 heteroatoms. The number of benzene rings is 1. The molecule has 0 aromatic heterocycles. The first-order valence-electron chi connectivity index (χ1n) is 5.51. The van der Waals surface area contributed by atoms with E-state index in [4.69, 9.17) is 0 Å². The molecular weight excluding hydrogens is 287 g/mol. The molecule has 1 saturated heterocycles. The molecular formula is C12H14BrFN2O. The number of amides is 1. The van der Waals surface area contributed by atoms with Crippen LogP contribution in [0, 0.1) is 5.82 Å². The van der Waals surface area contributed by atoms with Crippen LogP contribution in [0.2, 0.25) is 0 Å². The predicted molar refractivity (Wildman–Crippen MR) is 67.0 cm³/mol. The molecule has 0 spiro atoms. The normalized spacial score (nSPS) is 20.1. The molecule has 0 saturated carbocycles. The predicted octanol–water partition coefficient (Wildman–Crippen LogP) is 1.91. The van der Waals surface area contributed by atoms with Crippen LogP contribution in [0.15, 0.2) is 22.7 Å². The van der Waals surface area contributed by atoms with E-state index in [-0.39, 0.29) is 17.8 Å². The monoisotopic (exact) mass is 300 g/mol. The molecule has 1 aliphatic heterocycles. The molecule has 1 fully saturated rings. The number of rotatable bonds is 3. The number of carbonyl (C=O) groups excluding carboxylic acids is 1. The highest BCUT2D eigenvalue weighted by molar-refractivity contribution is 9.10. The van der Waals surface area contributed by atoms with Gasteiger partial charge in [0.05, 0.1) is 10.5 Å². The lowest BCUT2D eigenvalue weighted by molar-refractivity contribution is -0.128. The first-order valence-corrected chi connectivity index (χ1v) is 6.30. The van der Waals surface area contributed by atoms with Crippen molar-refractivity contribution in [1.29, 1.82) is 0 Å². The quantitative estimate of drug-likeness (QED) is 0.925. The Morgan fingerprint density at radius 3 is 3.00 bits per heavy atom. The Morgan fingerprint density at radius 1 is 1.59 bits per heavy atom. The molecule has 17 heavy (non-hydrogen) atoms. The maximum atomic E-state index is 13.3. The second-order valence-electron chi connectivity index (χ2n) is 4.19. The Balaban J connectivity index is 1.99. The Hall–Kier alpha value is -0.940. The highest BCUT2D eigenvalue weighted by atomic mass is 79.9. The van der Waals surface area contributed by atoms with Crippen LogP contribution < -0.4 is 5.32 Å². The molecule has 0 bridgehead atoms. The van der Waals surface area contributed by atoms with Crippen LogP contribution in [0.4, 0.5) is 4.39 Å². The van der Waals surface area contributed by atoms with Crippen molar-refractivity contribution >= 4 is 21.8 Å². The van der Waals surface area contributed by atoms with Crippen LogP contribution in [-0.2, 0) is 11.3 Å². The SMILES string of the molecule is CN1CCC(NCc2cccc(F)c2Br)C1=O. The second kappa shape index (κ2) is 5.14. The number of carbonyl (C=O) groups is 1. The van der Waals surface area contributed by atoms with Crippen LogP contribution in [0.25, 0.3) is 0 Å². The summed E-state index contributed by atoms with van der Waals surface area (Å²) < 4.78 is 13.7. The first-order chi connectivity index (χ1) is 8.09. The minimum Gasteiger partial charge on any atom is -0.344 e. The molecule has 1 amide bonds. The Bertz CT molecular complexity index is 439. The minimum absolute atomic E-state index is 0.109. The standard InChI is InChI=1S/C12H14BrFN2O/c1-16-6-5-10(12(16)17)15-7-8-3-2-4-9(14)11(8)13/h2-4,10,15H,5-7H2,1H3. The number of hydrogen-bond donors (Lipinski definition) is 1. The summed E-state index contributed by atoms with van der Waals surface area (Å²) in [5, 5.41) is 3.16. The van der Waals surface area contributed by atoms with Crippen LogP contribution in [0.3, 0.4) is 0 Å². The van der Waals surface area contributed by atoms with E-state index in [9.17, 15) is 9.18 Å². The van der Waals surface area contributed by atoms with Crippen molar-refractivity contribution in [2.75, 3.05) is 13.6 Å². The van der Waals surface area contributed by atoms with E-state index in [2.05, 4.69) is 21.2 Å². The molecule has 1 atom stereocenters. The third-order valence-corrected chi connectivity index (χ3v) is 3.89. The topological polar surface area (TPSA) is 32.3 Å². The van der Waals surface area contributed by atoms with Gasteiger partial charge in [-0.2, -0.15) is 0 Å². The van der Waals surface area contributed by atoms with Crippen molar-refractivity contribution in [3.8, 4) is 0 Å². The van der Waals surface area contributed by atoms with Crippen LogP contribution in [-0.4, -0.2) is 30.4 Å². The molecule has 0 radical (unpaired) electrons. The fourth-order valence-corrected chi connectivity index (χ4v) is 2.33. The number of hydrogen-bond acceptors (Lipinski definition) is 2. The molecule has 2 rings (SSSR count). The van der Waals surface area contributed by atoms with Crippen LogP contribution >= 0.6 is 15.9 Å². The molecule has 1 aromatic rings. The summed E-state index contributed by atoms with van der Waals surface area (Å²) >= 11 is 3.21. The van der Waals surface area contributed by atoms with Gasteiger partial charge >= 0.3 is 0 Å². The van der Waals surface area contributed by atoms with Gasteiger partial charge in [0.2, 0.25) is 5.91 Å². The lowest BCUT2D eigenvalue weighted by Crippen LogP contribution is -2.36. The van der Waals surface area contributed by atoms with Crippen molar-refractivity contribution in [2.24, 2.45) is 0 Å². The zero-order chi connectivity index (χ0) is 12.4. The molecule has 1 aliphatic rings. The van der Waals surface area contributed by atoms with Crippen molar-refractivity contribution < 1.29 is 9.18 Å². The van der Waals surface area contributed by atoms with Gasteiger partial charge in [-0.15, -0.1) is 0 Å². The van der Waals surface area contributed by atoms with E-state index in [0.717, 1.165) is 18.5 Å². The summed E-state index contributed by atoms with van der Waals surface area (Å²) in [5.41, 5.74) is 0.826. The average Bonchev–Trinajstić information content (AvgIpc) is 2.62. The van der Waals surface area contributed by atoms with Crippen LogP contribution in [0.5, 0.6) is 0 Å². The molecule has 0 aliphatic carbocycles. The van der Waals surface area contributed by atoms with E-state index in [1.54, 1.807) is 18.0 Å². The summed E-state index contributed by atoms with van der Waals surface area (Å²) in [6.07, 6.45) is 0.808. The molecule has 1 N–H and O–H groups in total. The van der Waals surface area contributed by atoms with Gasteiger partial charge in [-0.25, -0.2) is 4.39 Å². The smallest absolute Gasteiger partial charge is 0.239 e. The summed E-state index contributed by atoms with van der Waals surface area (Å²) in [6.45, 7) is 1.27. The lowest BCUT2D eigenvalue weighted by atomic mass is 10.2. The number of nitrogens with zero attached hydrogens (tertiary/aromatic N) is 1. The minimum atomic E-state index is -0.279. The number of halogens is 2. The van der Waals surface area contributed by atoms with E-state index >= 15 is 0 Å². The van der Waals surface area contributed by atoms with Gasteiger partial charge in [0.15, 0.2) is 0 Å². The largest absolute Gasteiger partial charge is 0.344 e. The maximum absolute atomic E-state index is 13.3. The molecule has 1 unspecified atom stereocenters. The third-order valence-electron chi connectivity index (χ3n) is 3.00. The Labute approximate surface area is 108 Å². The van der Waals surface area contributed by atoms with E-state index in [1.807, 2.05) is 6.07 Å². The summed E-state index contributed by atoms with van der Waals surface area (Å²) in [6, 6.07) is 4.76. The summed E-state index contributed by atoms with van der Waals surface area (Å²) in [4.78, 5) is 13.4. The fourth-order valence-electron chi connectivity index (χ4n) is 1.93. The third kappa shape index (κ3) is 2.66. The van der Waals surface area contributed by atoms with Gasteiger partial charge in [0.25, 0.3) is 0 Å². The molecule has 1 aromatic carbocycles.